The molecule has 4 heteroatoms. The van der Waals surface area contributed by atoms with Crippen molar-refractivity contribution < 1.29 is 4.84 Å². The molecule has 2 aromatic carbocycles. The normalized spacial score (nSPS) is 10.7. The Kier molecular flexibility index (Phi) is 5.34. The average Bonchev–Trinajstić information content (AvgIpc) is 3.40. The Morgan fingerprint density at radius 1 is 0.724 bits per heavy atom. The van der Waals surface area contributed by atoms with Crippen LogP contribution in [-0.2, 0) is 4.84 Å². The molecule has 2 aromatic heterocycles. The SMILES string of the molecule is CCON=C(c1cccn1-c1ccc(C)cc1)c1cccn1-c1ccc(C)cc1. The van der Waals surface area contributed by atoms with Crippen molar-refractivity contribution in [2.75, 3.05) is 6.61 Å². The van der Waals surface area contributed by atoms with Crippen molar-refractivity contribution >= 4 is 5.71 Å². The number of rotatable bonds is 6. The van der Waals surface area contributed by atoms with Gasteiger partial charge in [-0.3, -0.25) is 0 Å². The fourth-order valence-corrected chi connectivity index (χ4v) is 3.36. The Morgan fingerprint density at radius 3 is 1.59 bits per heavy atom. The molecule has 0 radical (unpaired) electrons. The Labute approximate surface area is 171 Å². The number of nitrogens with zero attached hydrogens (tertiary/aromatic N) is 3. The van der Waals surface area contributed by atoms with Gasteiger partial charge in [0.15, 0.2) is 5.71 Å². The van der Waals surface area contributed by atoms with Gasteiger partial charge < -0.3 is 14.0 Å². The van der Waals surface area contributed by atoms with Crippen LogP contribution in [0.3, 0.4) is 0 Å². The van der Waals surface area contributed by atoms with Gasteiger partial charge in [-0.05, 0) is 69.3 Å². The van der Waals surface area contributed by atoms with Gasteiger partial charge in [0.2, 0.25) is 0 Å². The summed E-state index contributed by atoms with van der Waals surface area (Å²) in [6.45, 7) is 6.65. The molecule has 0 aliphatic carbocycles. The molecule has 0 N–H and O–H groups in total. The summed E-state index contributed by atoms with van der Waals surface area (Å²) in [5.74, 6) is 0. The van der Waals surface area contributed by atoms with E-state index >= 15 is 0 Å². The molecule has 0 atom stereocenters. The lowest BCUT2D eigenvalue weighted by Gasteiger charge is -2.15. The molecule has 0 amide bonds. The summed E-state index contributed by atoms with van der Waals surface area (Å²) >= 11 is 0. The van der Waals surface area contributed by atoms with E-state index in [2.05, 4.69) is 101 Å². The maximum absolute atomic E-state index is 5.52. The van der Waals surface area contributed by atoms with Gasteiger partial charge in [-0.25, -0.2) is 0 Å². The predicted molar refractivity (Wildman–Crippen MR) is 118 cm³/mol. The van der Waals surface area contributed by atoms with E-state index in [-0.39, 0.29) is 0 Å². The van der Waals surface area contributed by atoms with Crippen LogP contribution in [0, 0.1) is 13.8 Å². The van der Waals surface area contributed by atoms with E-state index in [0.717, 1.165) is 28.5 Å². The van der Waals surface area contributed by atoms with Crippen molar-refractivity contribution in [3.05, 3.63) is 108 Å². The smallest absolute Gasteiger partial charge is 0.150 e. The van der Waals surface area contributed by atoms with Crippen LogP contribution in [0.2, 0.25) is 0 Å². The Balaban J connectivity index is 1.83. The van der Waals surface area contributed by atoms with E-state index in [0.29, 0.717) is 6.61 Å². The molecule has 0 unspecified atom stereocenters. The predicted octanol–water partition coefficient (Wildman–Crippen LogP) is 5.67. The summed E-state index contributed by atoms with van der Waals surface area (Å²) in [6.07, 6.45) is 4.11. The number of hydrogen-bond donors (Lipinski definition) is 0. The molecule has 0 aliphatic heterocycles. The van der Waals surface area contributed by atoms with E-state index < -0.39 is 0 Å². The second-order valence-corrected chi connectivity index (χ2v) is 7.06. The quantitative estimate of drug-likeness (QED) is 0.312. The van der Waals surface area contributed by atoms with Gasteiger partial charge in [-0.2, -0.15) is 0 Å². The molecule has 2 heterocycles. The van der Waals surface area contributed by atoms with Crippen molar-refractivity contribution in [3.63, 3.8) is 0 Å². The minimum atomic E-state index is 0.514. The minimum absolute atomic E-state index is 0.514. The molecule has 4 aromatic rings. The summed E-state index contributed by atoms with van der Waals surface area (Å²) in [5.41, 5.74) is 7.41. The van der Waals surface area contributed by atoms with Crippen molar-refractivity contribution in [2.45, 2.75) is 20.8 Å². The molecular formula is C25H25N3O. The molecule has 0 spiro atoms. The van der Waals surface area contributed by atoms with Gasteiger partial charge >= 0.3 is 0 Å². The Morgan fingerprint density at radius 2 is 1.17 bits per heavy atom. The number of oxime groups is 1. The van der Waals surface area contributed by atoms with E-state index in [1.165, 1.54) is 11.1 Å². The highest BCUT2D eigenvalue weighted by molar-refractivity contribution is 6.11. The Bertz CT molecular complexity index is 1030. The second-order valence-electron chi connectivity index (χ2n) is 7.06. The molecule has 0 aliphatic rings. The molecular weight excluding hydrogens is 358 g/mol. The lowest BCUT2D eigenvalue weighted by molar-refractivity contribution is 0.159. The average molecular weight is 383 g/mol. The molecule has 4 rings (SSSR count). The van der Waals surface area contributed by atoms with Crippen molar-refractivity contribution in [1.29, 1.82) is 0 Å². The summed E-state index contributed by atoms with van der Waals surface area (Å²) in [4.78, 5) is 5.52. The first-order valence-electron chi connectivity index (χ1n) is 9.87. The third-order valence-corrected chi connectivity index (χ3v) is 4.89. The summed E-state index contributed by atoms with van der Waals surface area (Å²) < 4.78 is 4.29. The number of benzene rings is 2. The second kappa shape index (κ2) is 8.23. The number of aryl methyl sites for hydroxylation is 2. The topological polar surface area (TPSA) is 31.4 Å². The molecule has 0 fully saturated rings. The summed E-state index contributed by atoms with van der Waals surface area (Å²) in [6, 6.07) is 25.2. The zero-order valence-electron chi connectivity index (χ0n) is 17.0. The first-order chi connectivity index (χ1) is 14.2. The largest absolute Gasteiger partial charge is 0.396 e. The fraction of sp³-hybridized carbons (Fsp3) is 0.160. The van der Waals surface area contributed by atoms with Crippen LogP contribution < -0.4 is 0 Å². The van der Waals surface area contributed by atoms with Gasteiger partial charge in [0.25, 0.3) is 0 Å². The maximum Gasteiger partial charge on any atom is 0.150 e. The summed E-state index contributed by atoms with van der Waals surface area (Å²) in [7, 11) is 0. The highest BCUT2D eigenvalue weighted by Crippen LogP contribution is 2.21. The number of hydrogen-bond acceptors (Lipinski definition) is 2. The van der Waals surface area contributed by atoms with E-state index in [4.69, 9.17) is 4.84 Å². The van der Waals surface area contributed by atoms with Crippen molar-refractivity contribution in [1.82, 2.24) is 9.13 Å². The maximum atomic E-state index is 5.52. The lowest BCUT2D eigenvalue weighted by atomic mass is 10.1. The zero-order valence-corrected chi connectivity index (χ0v) is 17.0. The molecule has 0 bridgehead atoms. The molecule has 29 heavy (non-hydrogen) atoms. The third kappa shape index (κ3) is 3.87. The number of aromatic nitrogens is 2. The van der Waals surface area contributed by atoms with Crippen LogP contribution in [0.5, 0.6) is 0 Å². The van der Waals surface area contributed by atoms with Crippen LogP contribution in [0.25, 0.3) is 11.4 Å². The summed E-state index contributed by atoms with van der Waals surface area (Å²) in [5, 5.41) is 4.51. The van der Waals surface area contributed by atoms with Crippen LogP contribution in [0.15, 0.2) is 90.3 Å². The van der Waals surface area contributed by atoms with E-state index in [1.54, 1.807) is 0 Å². The first kappa shape index (κ1) is 18.8. The highest BCUT2D eigenvalue weighted by Gasteiger charge is 2.18. The molecule has 146 valence electrons. The lowest BCUT2D eigenvalue weighted by Crippen LogP contribution is -2.14. The minimum Gasteiger partial charge on any atom is -0.396 e. The van der Waals surface area contributed by atoms with Crippen LogP contribution in [0.1, 0.15) is 29.4 Å². The van der Waals surface area contributed by atoms with Crippen LogP contribution in [0.4, 0.5) is 0 Å². The fourth-order valence-electron chi connectivity index (χ4n) is 3.36. The van der Waals surface area contributed by atoms with E-state index in [9.17, 15) is 0 Å². The molecule has 0 saturated heterocycles. The van der Waals surface area contributed by atoms with Crippen LogP contribution in [-0.4, -0.2) is 21.5 Å². The van der Waals surface area contributed by atoms with Gasteiger partial charge in [-0.15, -0.1) is 0 Å². The van der Waals surface area contributed by atoms with Crippen LogP contribution >= 0.6 is 0 Å². The highest BCUT2D eigenvalue weighted by atomic mass is 16.6. The van der Waals surface area contributed by atoms with Crippen molar-refractivity contribution in [2.24, 2.45) is 5.16 Å². The standard InChI is InChI=1S/C25H25N3O/c1-4-29-26-25(23-7-5-17-27(23)21-13-9-19(2)10-14-21)24-8-6-18-28(24)22-15-11-20(3)12-16-22/h5-18H,4H2,1-3H3. The Hall–Kier alpha value is -3.53. The first-order valence-corrected chi connectivity index (χ1v) is 9.87. The monoisotopic (exact) mass is 383 g/mol. The zero-order chi connectivity index (χ0) is 20.2. The molecule has 4 nitrogen and oxygen atoms in total. The van der Waals surface area contributed by atoms with Gasteiger partial charge in [-0.1, -0.05) is 40.5 Å². The van der Waals surface area contributed by atoms with Gasteiger partial charge in [0.05, 0.1) is 11.4 Å². The van der Waals surface area contributed by atoms with Gasteiger partial charge in [0, 0.05) is 23.8 Å². The van der Waals surface area contributed by atoms with Crippen molar-refractivity contribution in [3.8, 4) is 11.4 Å². The third-order valence-electron chi connectivity index (χ3n) is 4.89. The van der Waals surface area contributed by atoms with E-state index in [1.807, 2.05) is 19.1 Å². The molecule has 0 saturated carbocycles. The van der Waals surface area contributed by atoms with Gasteiger partial charge in [0.1, 0.15) is 6.61 Å².